The number of alkyl halides is 3. The van der Waals surface area contributed by atoms with Gasteiger partial charge < -0.3 is 10.1 Å². The summed E-state index contributed by atoms with van der Waals surface area (Å²) in [5.41, 5.74) is -2.39. The molecule has 0 saturated carbocycles. The third-order valence-electron chi connectivity index (χ3n) is 4.11. The van der Waals surface area contributed by atoms with Crippen LogP contribution in [0.5, 0.6) is 0 Å². The van der Waals surface area contributed by atoms with E-state index in [1.165, 1.54) is 36.5 Å². The molecule has 0 radical (unpaired) electrons. The van der Waals surface area contributed by atoms with Gasteiger partial charge in [0, 0.05) is 24.5 Å². The van der Waals surface area contributed by atoms with Gasteiger partial charge in [0.05, 0.1) is 27.7 Å². The molecule has 0 saturated heterocycles. The normalized spacial score (nSPS) is 11.1. The van der Waals surface area contributed by atoms with Gasteiger partial charge in [-0.05, 0) is 18.2 Å². The number of aromatic nitrogens is 3. The maximum atomic E-state index is 13.4. The molecule has 2 heterocycles. The Morgan fingerprint density at radius 2 is 2.00 bits per heavy atom. The third-order valence-corrected chi connectivity index (χ3v) is 4.40. The highest BCUT2D eigenvalue weighted by Gasteiger charge is 2.39. The molecule has 3 rings (SSSR count). The first-order valence-corrected chi connectivity index (χ1v) is 9.68. The van der Waals surface area contributed by atoms with Crippen LogP contribution in [0.15, 0.2) is 48.8 Å². The Bertz CT molecular complexity index is 1230. The molecule has 0 spiro atoms. The van der Waals surface area contributed by atoms with Crippen molar-refractivity contribution in [3.05, 3.63) is 75.2 Å². The number of rotatable bonds is 7. The summed E-state index contributed by atoms with van der Waals surface area (Å²) in [5, 5.41) is 18.6. The van der Waals surface area contributed by atoms with Crippen LogP contribution in [-0.2, 0) is 10.9 Å². The van der Waals surface area contributed by atoms with Crippen LogP contribution in [0.2, 0.25) is 5.02 Å². The quantitative estimate of drug-likeness (QED) is 0.286. The van der Waals surface area contributed by atoms with Crippen LogP contribution >= 0.6 is 11.6 Å². The number of carbonyl (C=O) groups excluding carboxylic acids is 2. The number of carbonyl (C=O) groups is 2. The third kappa shape index (κ3) is 5.98. The molecule has 15 heteroatoms. The number of amides is 2. The highest BCUT2D eigenvalue weighted by molar-refractivity contribution is 6.32. The average molecular weight is 499 g/mol. The molecular formula is C19H14ClF3N6O5. The van der Waals surface area contributed by atoms with E-state index >= 15 is 0 Å². The monoisotopic (exact) mass is 498 g/mol. The molecule has 0 aliphatic heterocycles. The number of non-ortho nitro benzene ring substituents is 1. The summed E-state index contributed by atoms with van der Waals surface area (Å²) in [6.07, 6.45) is -3.79. The minimum Gasteiger partial charge on any atom is -0.447 e. The van der Waals surface area contributed by atoms with Gasteiger partial charge >= 0.3 is 12.3 Å². The number of halogens is 4. The van der Waals surface area contributed by atoms with Crippen molar-refractivity contribution in [3.8, 4) is 5.82 Å². The summed E-state index contributed by atoms with van der Waals surface area (Å²) >= 11 is 5.94. The fourth-order valence-corrected chi connectivity index (χ4v) is 2.87. The average Bonchev–Trinajstić information content (AvgIpc) is 3.23. The molecule has 2 N–H and O–H groups in total. The van der Waals surface area contributed by atoms with Crippen LogP contribution in [0.4, 0.5) is 29.3 Å². The highest BCUT2D eigenvalue weighted by atomic mass is 35.5. The van der Waals surface area contributed by atoms with E-state index in [1.807, 2.05) is 0 Å². The maximum Gasteiger partial charge on any atom is 0.435 e. The Kier molecular flexibility index (Phi) is 7.31. The van der Waals surface area contributed by atoms with Crippen molar-refractivity contribution >= 4 is 35.0 Å². The van der Waals surface area contributed by atoms with Crippen molar-refractivity contribution in [3.63, 3.8) is 0 Å². The lowest BCUT2D eigenvalue weighted by Gasteiger charge is -2.09. The second kappa shape index (κ2) is 10.2. The predicted octanol–water partition coefficient (Wildman–Crippen LogP) is 3.83. The summed E-state index contributed by atoms with van der Waals surface area (Å²) in [6, 6.07) is 7.94. The van der Waals surface area contributed by atoms with Gasteiger partial charge in [-0.2, -0.15) is 18.3 Å². The number of hydrogen-bond acceptors (Lipinski definition) is 7. The van der Waals surface area contributed by atoms with Crippen molar-refractivity contribution in [2.45, 2.75) is 6.18 Å². The van der Waals surface area contributed by atoms with Crippen LogP contribution < -0.4 is 10.6 Å². The summed E-state index contributed by atoms with van der Waals surface area (Å²) in [5.74, 6) is -1.22. The van der Waals surface area contributed by atoms with E-state index in [4.69, 9.17) is 16.3 Å². The molecule has 3 aromatic rings. The van der Waals surface area contributed by atoms with Crippen LogP contribution in [0.3, 0.4) is 0 Å². The zero-order valence-electron chi connectivity index (χ0n) is 16.9. The molecular weight excluding hydrogens is 485 g/mol. The van der Waals surface area contributed by atoms with Crippen LogP contribution in [0.1, 0.15) is 16.1 Å². The molecule has 11 nitrogen and oxygen atoms in total. The van der Waals surface area contributed by atoms with Crippen molar-refractivity contribution in [2.75, 3.05) is 18.5 Å². The zero-order chi connectivity index (χ0) is 24.9. The zero-order valence-corrected chi connectivity index (χ0v) is 17.6. The van der Waals surface area contributed by atoms with Gasteiger partial charge in [0.25, 0.3) is 11.6 Å². The lowest BCUT2D eigenvalue weighted by Crippen LogP contribution is -2.30. The van der Waals surface area contributed by atoms with E-state index in [0.29, 0.717) is 0 Å². The lowest BCUT2D eigenvalue weighted by atomic mass is 10.2. The van der Waals surface area contributed by atoms with Crippen molar-refractivity contribution in [1.82, 2.24) is 20.1 Å². The first-order chi connectivity index (χ1) is 16.1. The SMILES string of the molecule is O=C(Nc1cccc([N+](=O)[O-])c1)OCCNC(=O)c1cn(-c2ncccc2Cl)nc1C(F)(F)F. The van der Waals surface area contributed by atoms with Gasteiger partial charge in [-0.25, -0.2) is 14.5 Å². The molecule has 1 aromatic carbocycles. The molecule has 0 bridgehead atoms. The fraction of sp³-hybridized carbons (Fsp3) is 0.158. The molecule has 2 amide bonds. The van der Waals surface area contributed by atoms with E-state index in [2.05, 4.69) is 20.7 Å². The molecule has 0 aliphatic carbocycles. The van der Waals surface area contributed by atoms with E-state index in [0.717, 1.165) is 16.9 Å². The largest absolute Gasteiger partial charge is 0.447 e. The van der Waals surface area contributed by atoms with Crippen LogP contribution in [0.25, 0.3) is 5.82 Å². The van der Waals surface area contributed by atoms with Gasteiger partial charge in [-0.15, -0.1) is 0 Å². The topological polar surface area (TPSA) is 141 Å². The van der Waals surface area contributed by atoms with Gasteiger partial charge in [0.2, 0.25) is 0 Å². The Morgan fingerprint density at radius 1 is 1.24 bits per heavy atom. The number of nitrogens with one attached hydrogen (secondary N) is 2. The summed E-state index contributed by atoms with van der Waals surface area (Å²) in [4.78, 5) is 38.1. The first-order valence-electron chi connectivity index (χ1n) is 9.30. The number of ether oxygens (including phenoxy) is 1. The fourth-order valence-electron chi connectivity index (χ4n) is 2.66. The predicted molar refractivity (Wildman–Crippen MR) is 112 cm³/mol. The minimum atomic E-state index is -4.94. The number of benzene rings is 1. The summed E-state index contributed by atoms with van der Waals surface area (Å²) in [7, 11) is 0. The van der Waals surface area contributed by atoms with E-state index < -0.39 is 41.0 Å². The number of anilines is 1. The molecule has 34 heavy (non-hydrogen) atoms. The second-order valence-electron chi connectivity index (χ2n) is 6.47. The first kappa shape index (κ1) is 24.4. The molecule has 178 valence electrons. The van der Waals surface area contributed by atoms with Crippen molar-refractivity contribution in [2.24, 2.45) is 0 Å². The summed E-state index contributed by atoms with van der Waals surface area (Å²) in [6.45, 7) is -0.720. The van der Waals surface area contributed by atoms with E-state index in [1.54, 1.807) is 0 Å². The lowest BCUT2D eigenvalue weighted by molar-refractivity contribution is -0.384. The Balaban J connectivity index is 1.60. The highest BCUT2D eigenvalue weighted by Crippen LogP contribution is 2.32. The van der Waals surface area contributed by atoms with Crippen molar-refractivity contribution < 1.29 is 32.4 Å². The van der Waals surface area contributed by atoms with Crippen LogP contribution in [-0.4, -0.2) is 44.8 Å². The number of nitro benzene ring substituents is 1. The summed E-state index contributed by atoms with van der Waals surface area (Å²) < 4.78 is 45.7. The van der Waals surface area contributed by atoms with Crippen LogP contribution in [0, 0.1) is 10.1 Å². The Hall–Kier alpha value is -4.20. The molecule has 0 aliphatic rings. The van der Waals surface area contributed by atoms with E-state index in [-0.39, 0.29) is 28.8 Å². The number of nitro groups is 1. The molecule has 0 fully saturated rings. The smallest absolute Gasteiger partial charge is 0.435 e. The molecule has 0 unspecified atom stereocenters. The number of pyridine rings is 1. The maximum absolute atomic E-state index is 13.4. The Labute approximate surface area is 193 Å². The van der Waals surface area contributed by atoms with Gasteiger partial charge in [-0.1, -0.05) is 17.7 Å². The Morgan fingerprint density at radius 3 is 2.68 bits per heavy atom. The number of nitrogens with zero attached hydrogens (tertiary/aromatic N) is 4. The molecule has 0 atom stereocenters. The minimum absolute atomic E-state index is 0.0221. The van der Waals surface area contributed by atoms with Crippen molar-refractivity contribution in [1.29, 1.82) is 0 Å². The van der Waals surface area contributed by atoms with Gasteiger partial charge in [-0.3, -0.25) is 20.2 Å². The van der Waals surface area contributed by atoms with Gasteiger partial charge in [0.15, 0.2) is 11.5 Å². The van der Waals surface area contributed by atoms with E-state index in [9.17, 15) is 32.9 Å². The standard InChI is InChI=1S/C19H14ClF3N6O5/c20-14-5-2-6-24-16(14)28-10-13(15(27-28)19(21,22)23)17(30)25-7-8-34-18(31)26-11-3-1-4-12(9-11)29(32)33/h1-6,9-10H,7-8H2,(H,25,30)(H,26,31). The second-order valence-corrected chi connectivity index (χ2v) is 6.87. The number of hydrogen-bond donors (Lipinski definition) is 2. The van der Waals surface area contributed by atoms with Gasteiger partial charge in [0.1, 0.15) is 6.61 Å². The molecule has 2 aromatic heterocycles.